The molecule has 1 aromatic rings. The number of hydrogen-bond donors (Lipinski definition) is 1. The van der Waals surface area contributed by atoms with Crippen molar-refractivity contribution < 1.29 is 4.90 Å². The summed E-state index contributed by atoms with van der Waals surface area (Å²) in [6.45, 7) is 5.97. The molecule has 1 aliphatic rings. The van der Waals surface area contributed by atoms with Crippen LogP contribution in [-0.2, 0) is 6.54 Å². The highest BCUT2D eigenvalue weighted by atomic mass is 15.1. The van der Waals surface area contributed by atoms with E-state index in [0.717, 1.165) is 0 Å². The molecule has 15 heavy (non-hydrogen) atoms. The minimum atomic E-state index is 1.18. The van der Waals surface area contributed by atoms with Crippen molar-refractivity contribution in [3.8, 4) is 0 Å². The van der Waals surface area contributed by atoms with Crippen molar-refractivity contribution in [1.82, 2.24) is 0 Å². The van der Waals surface area contributed by atoms with Crippen LogP contribution < -0.4 is 4.90 Å². The maximum Gasteiger partial charge on any atom is 0.103 e. The molecule has 0 spiro atoms. The number of quaternary nitrogens is 1. The third-order valence-corrected chi connectivity index (χ3v) is 3.16. The average Bonchev–Trinajstić information content (AvgIpc) is 2.31. The first-order chi connectivity index (χ1) is 7.38. The summed E-state index contributed by atoms with van der Waals surface area (Å²) in [4.78, 5) is 1.71. The maximum absolute atomic E-state index is 2.43. The lowest BCUT2D eigenvalue weighted by Crippen LogP contribution is -3.11. The third-order valence-electron chi connectivity index (χ3n) is 3.16. The van der Waals surface area contributed by atoms with Gasteiger partial charge >= 0.3 is 0 Å². The summed E-state index contributed by atoms with van der Waals surface area (Å²) in [5.41, 5.74) is 3.09. The highest BCUT2D eigenvalue weighted by Gasteiger charge is 2.14. The molecular weight excluding hydrogens is 182 g/mol. The lowest BCUT2D eigenvalue weighted by Gasteiger charge is -2.24. The van der Waals surface area contributed by atoms with E-state index in [1.54, 1.807) is 10.5 Å². The van der Waals surface area contributed by atoms with Crippen LogP contribution in [0.25, 0.3) is 0 Å². The Kier molecular flexibility index (Phi) is 3.57. The van der Waals surface area contributed by atoms with Gasteiger partial charge in [0.15, 0.2) is 0 Å². The second kappa shape index (κ2) is 5.13. The standard InChI is InChI=1S/C14H19N/c1-2-13-9-6-10-15(11-13)12-14-7-4-3-5-8-14/h3-5,7-9H,2,6,10-12H2,1H3/p+1. The Hall–Kier alpha value is -1.08. The van der Waals surface area contributed by atoms with Crippen molar-refractivity contribution in [2.24, 2.45) is 0 Å². The summed E-state index contributed by atoms with van der Waals surface area (Å²) < 4.78 is 0. The van der Waals surface area contributed by atoms with Gasteiger partial charge in [0.1, 0.15) is 6.54 Å². The molecule has 1 N–H and O–H groups in total. The highest BCUT2D eigenvalue weighted by Crippen LogP contribution is 2.03. The Morgan fingerprint density at radius 1 is 1.20 bits per heavy atom. The van der Waals surface area contributed by atoms with Crippen molar-refractivity contribution in [2.75, 3.05) is 13.1 Å². The fraction of sp³-hybridized carbons (Fsp3) is 0.429. The van der Waals surface area contributed by atoms with Gasteiger partial charge in [-0.05, 0) is 12.0 Å². The minimum absolute atomic E-state index is 1.18. The van der Waals surface area contributed by atoms with Crippen LogP contribution in [0.15, 0.2) is 42.0 Å². The largest absolute Gasteiger partial charge is 0.327 e. The third kappa shape index (κ3) is 2.93. The summed E-state index contributed by atoms with van der Waals surface area (Å²) in [6, 6.07) is 10.8. The number of nitrogens with one attached hydrogen (secondary N) is 1. The Balaban J connectivity index is 1.94. The lowest BCUT2D eigenvalue weighted by atomic mass is 10.1. The van der Waals surface area contributed by atoms with Gasteiger partial charge < -0.3 is 4.90 Å². The van der Waals surface area contributed by atoms with E-state index in [1.807, 2.05) is 0 Å². The second-order valence-corrected chi connectivity index (χ2v) is 4.34. The molecule has 0 aromatic heterocycles. The second-order valence-electron chi connectivity index (χ2n) is 4.34. The Labute approximate surface area is 92.4 Å². The zero-order chi connectivity index (χ0) is 10.5. The van der Waals surface area contributed by atoms with Gasteiger partial charge in [0.05, 0.1) is 13.1 Å². The maximum atomic E-state index is 2.43. The monoisotopic (exact) mass is 202 g/mol. The van der Waals surface area contributed by atoms with Gasteiger partial charge in [-0.3, -0.25) is 0 Å². The van der Waals surface area contributed by atoms with Crippen LogP contribution in [0.3, 0.4) is 0 Å². The SMILES string of the molecule is CCC1=CCC[NH+](Cc2ccccc2)C1. The smallest absolute Gasteiger partial charge is 0.103 e. The normalized spacial score (nSPS) is 21.1. The first kappa shape index (κ1) is 10.4. The lowest BCUT2D eigenvalue weighted by molar-refractivity contribution is -0.910. The average molecular weight is 202 g/mol. The molecule has 0 radical (unpaired) electrons. The molecule has 0 saturated heterocycles. The van der Waals surface area contributed by atoms with Crippen LogP contribution in [0, 0.1) is 0 Å². The summed E-state index contributed by atoms with van der Waals surface area (Å²) >= 11 is 0. The van der Waals surface area contributed by atoms with Crippen LogP contribution in [0.1, 0.15) is 25.3 Å². The first-order valence-corrected chi connectivity index (χ1v) is 5.94. The van der Waals surface area contributed by atoms with Crippen LogP contribution in [0.4, 0.5) is 0 Å². The molecule has 0 saturated carbocycles. The van der Waals surface area contributed by atoms with Crippen molar-refractivity contribution in [1.29, 1.82) is 0 Å². The fourth-order valence-corrected chi connectivity index (χ4v) is 2.27. The summed E-state index contributed by atoms with van der Waals surface area (Å²) in [5, 5.41) is 0. The Morgan fingerprint density at radius 2 is 2.00 bits per heavy atom. The zero-order valence-corrected chi connectivity index (χ0v) is 9.50. The molecule has 2 rings (SSSR count). The summed E-state index contributed by atoms with van der Waals surface area (Å²) in [6.07, 6.45) is 4.90. The van der Waals surface area contributed by atoms with E-state index in [2.05, 4.69) is 43.3 Å². The van der Waals surface area contributed by atoms with Crippen LogP contribution in [0.2, 0.25) is 0 Å². The van der Waals surface area contributed by atoms with Crippen LogP contribution in [-0.4, -0.2) is 13.1 Å². The highest BCUT2D eigenvalue weighted by molar-refractivity contribution is 5.13. The van der Waals surface area contributed by atoms with Gasteiger partial charge in [-0.25, -0.2) is 0 Å². The molecule has 0 bridgehead atoms. The summed E-state index contributed by atoms with van der Waals surface area (Å²) in [5.74, 6) is 0. The number of rotatable bonds is 3. The molecule has 1 aliphatic heterocycles. The molecule has 80 valence electrons. The van der Waals surface area contributed by atoms with Crippen molar-refractivity contribution in [3.05, 3.63) is 47.5 Å². The molecule has 1 atom stereocenters. The van der Waals surface area contributed by atoms with E-state index >= 15 is 0 Å². The van der Waals surface area contributed by atoms with Gasteiger partial charge in [-0.2, -0.15) is 0 Å². The van der Waals surface area contributed by atoms with Gasteiger partial charge in [-0.1, -0.05) is 43.3 Å². The van der Waals surface area contributed by atoms with Crippen molar-refractivity contribution in [3.63, 3.8) is 0 Å². The van der Waals surface area contributed by atoms with Crippen molar-refractivity contribution >= 4 is 0 Å². The number of hydrogen-bond acceptors (Lipinski definition) is 0. The molecule has 1 nitrogen and oxygen atoms in total. The van der Waals surface area contributed by atoms with Gasteiger partial charge in [0.2, 0.25) is 0 Å². The molecule has 0 aliphatic carbocycles. The molecule has 1 aromatic carbocycles. The van der Waals surface area contributed by atoms with Crippen LogP contribution in [0.5, 0.6) is 0 Å². The molecular formula is C14H20N+. The van der Waals surface area contributed by atoms with E-state index in [0.29, 0.717) is 0 Å². The van der Waals surface area contributed by atoms with E-state index in [4.69, 9.17) is 0 Å². The van der Waals surface area contributed by atoms with E-state index in [1.165, 1.54) is 38.0 Å². The Morgan fingerprint density at radius 3 is 2.73 bits per heavy atom. The fourth-order valence-electron chi connectivity index (χ4n) is 2.27. The molecule has 0 fully saturated rings. The van der Waals surface area contributed by atoms with Gasteiger partial charge in [0, 0.05) is 12.0 Å². The molecule has 0 amide bonds. The number of benzene rings is 1. The topological polar surface area (TPSA) is 4.44 Å². The molecule has 1 heterocycles. The van der Waals surface area contributed by atoms with E-state index in [9.17, 15) is 0 Å². The minimum Gasteiger partial charge on any atom is -0.327 e. The van der Waals surface area contributed by atoms with Crippen molar-refractivity contribution in [2.45, 2.75) is 26.3 Å². The van der Waals surface area contributed by atoms with E-state index in [-0.39, 0.29) is 0 Å². The predicted octanol–water partition coefficient (Wildman–Crippen LogP) is 1.81. The first-order valence-electron chi connectivity index (χ1n) is 5.94. The Bertz CT molecular complexity index is 326. The summed E-state index contributed by atoms with van der Waals surface area (Å²) in [7, 11) is 0. The molecule has 1 heteroatoms. The van der Waals surface area contributed by atoms with Gasteiger partial charge in [-0.15, -0.1) is 0 Å². The van der Waals surface area contributed by atoms with E-state index < -0.39 is 0 Å². The zero-order valence-electron chi connectivity index (χ0n) is 9.50. The van der Waals surface area contributed by atoms with Gasteiger partial charge in [0.25, 0.3) is 0 Å². The van der Waals surface area contributed by atoms with Crippen LogP contribution >= 0.6 is 0 Å². The predicted molar refractivity (Wildman–Crippen MR) is 63.8 cm³/mol. The molecule has 1 unspecified atom stereocenters. The quantitative estimate of drug-likeness (QED) is 0.713.